The predicted molar refractivity (Wildman–Crippen MR) is 68.9 cm³/mol. The normalized spacial score (nSPS) is 10.4. The maximum atomic E-state index is 13.2. The van der Waals surface area contributed by atoms with Crippen molar-refractivity contribution in [2.75, 3.05) is 0 Å². The molecule has 0 fully saturated rings. The smallest absolute Gasteiger partial charge is 0.204 e. The first kappa shape index (κ1) is 12.8. The molecule has 1 aromatic heterocycles. The van der Waals surface area contributed by atoms with Gasteiger partial charge in [0, 0.05) is 23.3 Å². The summed E-state index contributed by atoms with van der Waals surface area (Å²) < 4.78 is 13.8. The van der Waals surface area contributed by atoms with Crippen LogP contribution in [0.4, 0.5) is 4.39 Å². The van der Waals surface area contributed by atoms with E-state index in [-0.39, 0.29) is 23.8 Å². The fourth-order valence-corrected chi connectivity index (χ4v) is 2.03. The Bertz CT molecular complexity index is 564. The van der Waals surface area contributed by atoms with Crippen LogP contribution in [-0.4, -0.2) is 15.8 Å². The molecule has 0 saturated carbocycles. The van der Waals surface area contributed by atoms with Crippen molar-refractivity contribution in [1.82, 2.24) is 9.97 Å². The lowest BCUT2D eigenvalue weighted by Crippen LogP contribution is -2.08. The molecule has 0 spiro atoms. The molecule has 0 saturated heterocycles. The lowest BCUT2D eigenvalue weighted by Gasteiger charge is -2.02. The second-order valence-electron chi connectivity index (χ2n) is 3.96. The van der Waals surface area contributed by atoms with Gasteiger partial charge in [0.25, 0.3) is 0 Å². The number of aryl methyl sites for hydroxylation is 1. The van der Waals surface area contributed by atoms with E-state index in [4.69, 9.17) is 0 Å². The summed E-state index contributed by atoms with van der Waals surface area (Å²) in [6.45, 7) is 1.85. The van der Waals surface area contributed by atoms with Crippen LogP contribution in [0.1, 0.15) is 21.7 Å². The maximum Gasteiger partial charge on any atom is 0.204 e. The number of rotatable bonds is 3. The van der Waals surface area contributed by atoms with Crippen molar-refractivity contribution in [2.45, 2.75) is 13.3 Å². The molecule has 18 heavy (non-hydrogen) atoms. The molecule has 3 nitrogen and oxygen atoms in total. The number of nitrogens with zero attached hydrogens (tertiary/aromatic N) is 2. The van der Waals surface area contributed by atoms with E-state index in [1.165, 1.54) is 12.1 Å². The summed E-state index contributed by atoms with van der Waals surface area (Å²) in [5, 5.41) is 0. The summed E-state index contributed by atoms with van der Waals surface area (Å²) in [5.41, 5.74) is 1.48. The van der Waals surface area contributed by atoms with E-state index in [0.29, 0.717) is 10.0 Å². The number of hydrogen-bond donors (Lipinski definition) is 0. The molecule has 1 heterocycles. The van der Waals surface area contributed by atoms with Crippen molar-refractivity contribution in [3.63, 3.8) is 0 Å². The Morgan fingerprint density at radius 2 is 1.94 bits per heavy atom. The van der Waals surface area contributed by atoms with Crippen molar-refractivity contribution in [3.05, 3.63) is 57.8 Å². The molecule has 1 aromatic carbocycles. The molecule has 5 heteroatoms. The van der Waals surface area contributed by atoms with Crippen LogP contribution in [0.25, 0.3) is 0 Å². The van der Waals surface area contributed by atoms with Crippen molar-refractivity contribution < 1.29 is 9.18 Å². The molecule has 0 aliphatic carbocycles. The molecular weight excluding hydrogens is 299 g/mol. The SMILES string of the molecule is Cc1cnc(C(=O)Cc2cc(F)cc(Br)c2)nc1. The number of aromatic nitrogens is 2. The molecule has 0 aliphatic heterocycles. The summed E-state index contributed by atoms with van der Waals surface area (Å²) in [7, 11) is 0. The minimum atomic E-state index is -0.378. The Kier molecular flexibility index (Phi) is 3.81. The quantitative estimate of drug-likeness (QED) is 0.818. The Morgan fingerprint density at radius 3 is 2.56 bits per heavy atom. The number of benzene rings is 1. The molecule has 0 aliphatic rings. The first-order valence-electron chi connectivity index (χ1n) is 5.31. The third kappa shape index (κ3) is 3.20. The lowest BCUT2D eigenvalue weighted by molar-refractivity contribution is 0.0983. The Labute approximate surface area is 112 Å². The van der Waals surface area contributed by atoms with Crippen LogP contribution in [0, 0.1) is 12.7 Å². The van der Waals surface area contributed by atoms with Gasteiger partial charge in [0.05, 0.1) is 0 Å². The zero-order valence-corrected chi connectivity index (χ0v) is 11.2. The largest absolute Gasteiger partial charge is 0.290 e. The zero-order valence-electron chi connectivity index (χ0n) is 9.65. The standard InChI is InChI=1S/C13H10BrFN2O/c1-8-6-16-13(17-7-8)12(18)4-9-2-10(14)5-11(15)3-9/h2-3,5-7H,4H2,1H3. The fourth-order valence-electron chi connectivity index (χ4n) is 1.51. The summed E-state index contributed by atoms with van der Waals surface area (Å²) in [6.07, 6.45) is 3.25. The van der Waals surface area contributed by atoms with Gasteiger partial charge < -0.3 is 0 Å². The Hall–Kier alpha value is -1.62. The number of carbonyl (C=O) groups excluding carboxylic acids is 1. The zero-order chi connectivity index (χ0) is 13.1. The summed E-state index contributed by atoms with van der Waals surface area (Å²) in [5.74, 6) is -0.453. The first-order chi connectivity index (χ1) is 8.54. The fraction of sp³-hybridized carbons (Fsp3) is 0.154. The van der Waals surface area contributed by atoms with Gasteiger partial charge in [-0.3, -0.25) is 4.79 Å². The summed E-state index contributed by atoms with van der Waals surface area (Å²) >= 11 is 3.19. The number of Topliss-reactive ketones (excluding diaryl/α,β-unsaturated/α-hetero) is 1. The molecule has 92 valence electrons. The molecule has 0 N–H and O–H groups in total. The Morgan fingerprint density at radius 1 is 1.28 bits per heavy atom. The highest BCUT2D eigenvalue weighted by Gasteiger charge is 2.11. The average molecular weight is 309 g/mol. The number of hydrogen-bond acceptors (Lipinski definition) is 3. The van der Waals surface area contributed by atoms with Crippen molar-refractivity contribution in [1.29, 1.82) is 0 Å². The van der Waals surface area contributed by atoms with Gasteiger partial charge in [0.1, 0.15) is 5.82 Å². The molecule has 0 bridgehead atoms. The van der Waals surface area contributed by atoms with Crippen LogP contribution in [0.5, 0.6) is 0 Å². The van der Waals surface area contributed by atoms with E-state index < -0.39 is 0 Å². The van der Waals surface area contributed by atoms with E-state index in [1.807, 2.05) is 6.92 Å². The lowest BCUT2D eigenvalue weighted by atomic mass is 10.1. The van der Waals surface area contributed by atoms with E-state index >= 15 is 0 Å². The molecule has 2 rings (SSSR count). The third-order valence-electron chi connectivity index (χ3n) is 2.32. The summed E-state index contributed by atoms with van der Waals surface area (Å²) in [4.78, 5) is 19.8. The van der Waals surface area contributed by atoms with Gasteiger partial charge in [-0.25, -0.2) is 14.4 Å². The van der Waals surface area contributed by atoms with Crippen molar-refractivity contribution >= 4 is 21.7 Å². The highest BCUT2D eigenvalue weighted by Crippen LogP contribution is 2.16. The first-order valence-corrected chi connectivity index (χ1v) is 6.11. The number of halogens is 2. The van der Waals surface area contributed by atoms with Gasteiger partial charge in [-0.2, -0.15) is 0 Å². The summed E-state index contributed by atoms with van der Waals surface area (Å²) in [6, 6.07) is 4.38. The maximum absolute atomic E-state index is 13.2. The van der Waals surface area contributed by atoms with Crippen LogP contribution in [-0.2, 0) is 6.42 Å². The number of carbonyl (C=O) groups is 1. The van der Waals surface area contributed by atoms with Crippen LogP contribution in [0.3, 0.4) is 0 Å². The molecule has 0 atom stereocenters. The molecule has 0 unspecified atom stereocenters. The predicted octanol–water partition coefficient (Wildman–Crippen LogP) is 3.11. The van der Waals surface area contributed by atoms with E-state index in [2.05, 4.69) is 25.9 Å². The molecular formula is C13H10BrFN2O. The highest BCUT2D eigenvalue weighted by atomic mass is 79.9. The third-order valence-corrected chi connectivity index (χ3v) is 2.78. The Balaban J connectivity index is 2.18. The molecule has 0 amide bonds. The van der Waals surface area contributed by atoms with Gasteiger partial charge in [0.15, 0.2) is 5.82 Å². The van der Waals surface area contributed by atoms with Crippen LogP contribution in [0.15, 0.2) is 35.1 Å². The van der Waals surface area contributed by atoms with E-state index in [9.17, 15) is 9.18 Å². The van der Waals surface area contributed by atoms with Gasteiger partial charge in [0.2, 0.25) is 5.78 Å². The van der Waals surface area contributed by atoms with Crippen LogP contribution < -0.4 is 0 Å². The van der Waals surface area contributed by atoms with Crippen LogP contribution >= 0.6 is 15.9 Å². The minimum Gasteiger partial charge on any atom is -0.290 e. The molecule has 2 aromatic rings. The number of ketones is 1. The average Bonchev–Trinajstić information content (AvgIpc) is 2.28. The van der Waals surface area contributed by atoms with Gasteiger partial charge in [-0.05, 0) is 36.2 Å². The molecule has 0 radical (unpaired) electrons. The second kappa shape index (κ2) is 5.35. The van der Waals surface area contributed by atoms with E-state index in [1.54, 1.807) is 18.5 Å². The van der Waals surface area contributed by atoms with Crippen molar-refractivity contribution in [2.24, 2.45) is 0 Å². The van der Waals surface area contributed by atoms with Gasteiger partial charge in [-0.1, -0.05) is 15.9 Å². The monoisotopic (exact) mass is 308 g/mol. The highest BCUT2D eigenvalue weighted by molar-refractivity contribution is 9.10. The minimum absolute atomic E-state index is 0.0828. The van der Waals surface area contributed by atoms with Gasteiger partial charge in [-0.15, -0.1) is 0 Å². The van der Waals surface area contributed by atoms with Crippen LogP contribution in [0.2, 0.25) is 0 Å². The van der Waals surface area contributed by atoms with Crippen molar-refractivity contribution in [3.8, 4) is 0 Å². The van der Waals surface area contributed by atoms with Gasteiger partial charge >= 0.3 is 0 Å². The van der Waals surface area contributed by atoms with E-state index in [0.717, 1.165) is 5.56 Å². The second-order valence-corrected chi connectivity index (χ2v) is 4.88. The topological polar surface area (TPSA) is 42.9 Å².